The molecule has 0 amide bonds. The number of hydrazone groups is 1. The lowest BCUT2D eigenvalue weighted by Crippen LogP contribution is -2.07. The number of benzene rings is 3. The van der Waals surface area contributed by atoms with Crippen molar-refractivity contribution in [2.45, 2.75) is 6.61 Å². The Kier molecular flexibility index (Phi) is 8.38. The minimum absolute atomic E-state index is 0.272. The van der Waals surface area contributed by atoms with Gasteiger partial charge in [-0.05, 0) is 48.0 Å². The van der Waals surface area contributed by atoms with Gasteiger partial charge in [-0.2, -0.15) is 20.1 Å². The van der Waals surface area contributed by atoms with Crippen molar-refractivity contribution in [2.75, 3.05) is 30.2 Å². The van der Waals surface area contributed by atoms with E-state index in [-0.39, 0.29) is 12.6 Å². The molecule has 0 saturated carbocycles. The maximum Gasteiger partial charge on any atom is 0.250 e. The van der Waals surface area contributed by atoms with Crippen molar-refractivity contribution < 1.29 is 9.47 Å². The average molecular weight is 524 g/mol. The van der Waals surface area contributed by atoms with Gasteiger partial charge in [-0.15, -0.1) is 0 Å². The molecule has 184 valence electrons. The lowest BCUT2D eigenvalue weighted by Gasteiger charge is -2.12. The number of aromatic nitrogens is 3. The van der Waals surface area contributed by atoms with Gasteiger partial charge in [0, 0.05) is 28.3 Å². The molecule has 0 aliphatic carbocycles. The molecule has 9 nitrogen and oxygen atoms in total. The molecule has 0 saturated heterocycles. The minimum atomic E-state index is 0.272. The van der Waals surface area contributed by atoms with E-state index in [0.717, 1.165) is 16.8 Å². The van der Waals surface area contributed by atoms with Gasteiger partial charge in [0.15, 0.2) is 11.5 Å². The van der Waals surface area contributed by atoms with Gasteiger partial charge in [-0.1, -0.05) is 47.5 Å². The van der Waals surface area contributed by atoms with Crippen LogP contribution in [0.3, 0.4) is 0 Å². The van der Waals surface area contributed by atoms with Crippen LogP contribution in [0.1, 0.15) is 11.1 Å². The Morgan fingerprint density at radius 1 is 0.889 bits per heavy atom. The molecule has 1 heterocycles. The average Bonchev–Trinajstić information content (AvgIpc) is 2.89. The van der Waals surface area contributed by atoms with Gasteiger partial charge in [0.2, 0.25) is 17.8 Å². The van der Waals surface area contributed by atoms with Crippen molar-refractivity contribution in [2.24, 2.45) is 5.10 Å². The highest BCUT2D eigenvalue weighted by atomic mass is 35.5. The van der Waals surface area contributed by atoms with Crippen LogP contribution in [-0.4, -0.2) is 35.3 Å². The van der Waals surface area contributed by atoms with E-state index in [4.69, 9.17) is 32.7 Å². The molecule has 0 aliphatic heterocycles. The zero-order chi connectivity index (χ0) is 25.3. The van der Waals surface area contributed by atoms with Gasteiger partial charge >= 0.3 is 0 Å². The molecule has 0 spiro atoms. The van der Waals surface area contributed by atoms with Crippen molar-refractivity contribution in [1.29, 1.82) is 0 Å². The summed E-state index contributed by atoms with van der Waals surface area (Å²) in [7, 11) is 3.30. The number of para-hydroxylation sites is 1. The SMILES string of the molecule is CNc1nc(N/N=C/c2ccc(OCc3ccc(Cl)cc3Cl)c(OC)c2)nc(Nc2ccccc2)n1. The quantitative estimate of drug-likeness (QED) is 0.172. The van der Waals surface area contributed by atoms with E-state index in [1.54, 1.807) is 44.6 Å². The summed E-state index contributed by atoms with van der Waals surface area (Å²) in [6, 6.07) is 20.3. The Morgan fingerprint density at radius 2 is 1.67 bits per heavy atom. The molecule has 3 N–H and O–H groups in total. The number of hydrogen-bond donors (Lipinski definition) is 3. The highest BCUT2D eigenvalue weighted by molar-refractivity contribution is 6.35. The summed E-state index contributed by atoms with van der Waals surface area (Å²) in [5, 5.41) is 11.4. The first-order valence-electron chi connectivity index (χ1n) is 10.8. The first-order valence-corrected chi connectivity index (χ1v) is 11.6. The molecule has 0 aliphatic rings. The van der Waals surface area contributed by atoms with E-state index in [1.807, 2.05) is 42.5 Å². The highest BCUT2D eigenvalue weighted by Crippen LogP contribution is 2.30. The number of halogens is 2. The second kappa shape index (κ2) is 12.1. The van der Waals surface area contributed by atoms with Crippen molar-refractivity contribution in [3.8, 4) is 11.5 Å². The predicted octanol–water partition coefficient (Wildman–Crippen LogP) is 6.00. The molecule has 4 rings (SSSR count). The first kappa shape index (κ1) is 25.0. The summed E-state index contributed by atoms with van der Waals surface area (Å²) in [6.07, 6.45) is 1.62. The number of methoxy groups -OCH3 is 1. The normalized spacial score (nSPS) is 10.8. The van der Waals surface area contributed by atoms with Crippen LogP contribution in [-0.2, 0) is 6.61 Å². The van der Waals surface area contributed by atoms with E-state index in [0.29, 0.717) is 33.4 Å². The molecule has 0 atom stereocenters. The topological polar surface area (TPSA) is 106 Å². The van der Waals surface area contributed by atoms with Crippen molar-refractivity contribution in [3.63, 3.8) is 0 Å². The Labute approximate surface area is 218 Å². The zero-order valence-corrected chi connectivity index (χ0v) is 21.0. The maximum absolute atomic E-state index is 6.23. The lowest BCUT2D eigenvalue weighted by molar-refractivity contribution is 0.284. The van der Waals surface area contributed by atoms with E-state index in [1.165, 1.54) is 0 Å². The smallest absolute Gasteiger partial charge is 0.250 e. The van der Waals surface area contributed by atoms with E-state index >= 15 is 0 Å². The zero-order valence-electron chi connectivity index (χ0n) is 19.5. The number of nitrogens with zero attached hydrogens (tertiary/aromatic N) is 4. The Bertz CT molecular complexity index is 1350. The van der Waals surface area contributed by atoms with Gasteiger partial charge in [0.25, 0.3) is 0 Å². The Morgan fingerprint density at radius 3 is 2.42 bits per heavy atom. The number of ether oxygens (including phenoxy) is 2. The fourth-order valence-corrected chi connectivity index (χ4v) is 3.55. The van der Waals surface area contributed by atoms with Crippen LogP contribution < -0.4 is 25.5 Å². The molecule has 0 fully saturated rings. The third-order valence-electron chi connectivity index (χ3n) is 4.85. The Balaban J connectivity index is 1.43. The van der Waals surface area contributed by atoms with Crippen LogP contribution in [0.4, 0.5) is 23.5 Å². The van der Waals surface area contributed by atoms with Crippen molar-refractivity contribution in [1.82, 2.24) is 15.0 Å². The van der Waals surface area contributed by atoms with Crippen LogP contribution >= 0.6 is 23.2 Å². The molecule has 4 aromatic rings. The second-order valence-corrected chi connectivity index (χ2v) is 8.20. The van der Waals surface area contributed by atoms with Crippen LogP contribution in [0.15, 0.2) is 71.8 Å². The van der Waals surface area contributed by atoms with Crippen molar-refractivity contribution >= 4 is 52.9 Å². The summed E-state index contributed by atoms with van der Waals surface area (Å²) < 4.78 is 11.4. The Hall–Kier alpha value is -4.08. The van der Waals surface area contributed by atoms with E-state index in [2.05, 4.69) is 36.1 Å². The third-order valence-corrected chi connectivity index (χ3v) is 5.44. The van der Waals surface area contributed by atoms with Crippen LogP contribution in [0.5, 0.6) is 11.5 Å². The van der Waals surface area contributed by atoms with Gasteiger partial charge in [0.05, 0.1) is 13.3 Å². The molecule has 1 aromatic heterocycles. The fraction of sp³-hybridized carbons (Fsp3) is 0.120. The summed E-state index contributed by atoms with van der Waals surface area (Å²) in [4.78, 5) is 12.9. The van der Waals surface area contributed by atoms with Crippen LogP contribution in [0.25, 0.3) is 0 Å². The van der Waals surface area contributed by atoms with Crippen LogP contribution in [0.2, 0.25) is 10.0 Å². The summed E-state index contributed by atoms with van der Waals surface area (Å²) in [5.41, 5.74) is 5.28. The standard InChI is InChI=1S/C25H23Cl2N7O2/c1-28-23-31-24(30-19-6-4-3-5-7-19)33-25(32-23)34-29-14-16-8-11-21(22(12-16)35-2)36-15-17-9-10-18(26)13-20(17)27/h3-14H,15H2,1-2H3,(H3,28,30,31,32,33,34)/b29-14+. The molecular weight excluding hydrogens is 501 g/mol. The van der Waals surface area contributed by atoms with E-state index in [9.17, 15) is 0 Å². The van der Waals surface area contributed by atoms with Gasteiger partial charge in [-0.25, -0.2) is 5.43 Å². The first-order chi connectivity index (χ1) is 17.5. The minimum Gasteiger partial charge on any atom is -0.493 e. The number of hydrogen-bond acceptors (Lipinski definition) is 9. The third kappa shape index (κ3) is 6.74. The monoisotopic (exact) mass is 523 g/mol. The number of nitrogens with one attached hydrogen (secondary N) is 3. The van der Waals surface area contributed by atoms with Crippen molar-refractivity contribution in [3.05, 3.63) is 87.9 Å². The summed E-state index contributed by atoms with van der Waals surface area (Å²) in [5.74, 6) is 2.17. The number of anilines is 4. The maximum atomic E-state index is 6.23. The molecule has 0 unspecified atom stereocenters. The lowest BCUT2D eigenvalue weighted by atomic mass is 10.2. The molecule has 3 aromatic carbocycles. The molecule has 36 heavy (non-hydrogen) atoms. The summed E-state index contributed by atoms with van der Waals surface area (Å²) >= 11 is 12.2. The number of rotatable bonds is 10. The molecular formula is C25H23Cl2N7O2. The fourth-order valence-electron chi connectivity index (χ4n) is 3.09. The largest absolute Gasteiger partial charge is 0.493 e. The molecule has 0 radical (unpaired) electrons. The molecule has 0 bridgehead atoms. The highest BCUT2D eigenvalue weighted by Gasteiger charge is 2.09. The van der Waals surface area contributed by atoms with Gasteiger partial charge in [-0.3, -0.25) is 0 Å². The van der Waals surface area contributed by atoms with Crippen LogP contribution in [0, 0.1) is 0 Å². The predicted molar refractivity (Wildman–Crippen MR) is 144 cm³/mol. The van der Waals surface area contributed by atoms with Gasteiger partial charge < -0.3 is 20.1 Å². The molecule has 11 heteroatoms. The summed E-state index contributed by atoms with van der Waals surface area (Å²) in [6.45, 7) is 0.272. The van der Waals surface area contributed by atoms with E-state index < -0.39 is 0 Å². The van der Waals surface area contributed by atoms with Gasteiger partial charge in [0.1, 0.15) is 6.61 Å². The second-order valence-electron chi connectivity index (χ2n) is 7.35.